The van der Waals surface area contributed by atoms with Crippen LogP contribution in [-0.2, 0) is 0 Å². The van der Waals surface area contributed by atoms with Gasteiger partial charge < -0.3 is 4.90 Å². The highest BCUT2D eigenvalue weighted by atomic mass is 31.2. The number of hydrogen-bond donors (Lipinski definition) is 1. The Balaban J connectivity index is 2.02. The first kappa shape index (κ1) is 22.5. The molecule has 4 heteroatoms. The van der Waals surface area contributed by atoms with E-state index in [2.05, 4.69) is 84.3 Å². The second-order valence-electron chi connectivity index (χ2n) is 7.98. The van der Waals surface area contributed by atoms with Crippen molar-refractivity contribution < 1.29 is 4.79 Å². The molecule has 0 atom stereocenters. The van der Waals surface area contributed by atoms with E-state index < -0.39 is 7.26 Å². The van der Waals surface area contributed by atoms with Gasteiger partial charge in [0, 0.05) is 19.7 Å². The summed E-state index contributed by atoms with van der Waals surface area (Å²) in [6.07, 6.45) is 2.06. The molecule has 0 saturated carbocycles. The third-order valence-corrected chi connectivity index (χ3v) is 9.62. The summed E-state index contributed by atoms with van der Waals surface area (Å²) in [5.41, 5.74) is 1.53. The summed E-state index contributed by atoms with van der Waals surface area (Å²) in [6.45, 7) is 0. The van der Waals surface area contributed by atoms with Crippen LogP contribution in [0.3, 0.4) is 0 Å². The van der Waals surface area contributed by atoms with Crippen LogP contribution >= 0.6 is 7.26 Å². The smallest absolute Gasteiger partial charge is 0.258 e. The quantitative estimate of drug-likeness (QED) is 0.411. The number of benzene rings is 4. The normalized spacial score (nSPS) is 11.6. The summed E-state index contributed by atoms with van der Waals surface area (Å²) in [4.78, 5) is 15.4. The lowest BCUT2D eigenvalue weighted by Gasteiger charge is -2.30. The fourth-order valence-electron chi connectivity index (χ4n) is 4.04. The van der Waals surface area contributed by atoms with Gasteiger partial charge in [0.25, 0.3) is 5.91 Å². The van der Waals surface area contributed by atoms with E-state index in [0.717, 1.165) is 5.44 Å². The number of nitrogens with one attached hydrogen (secondary N) is 1. The van der Waals surface area contributed by atoms with Gasteiger partial charge in [-0.05, 0) is 48.5 Å². The van der Waals surface area contributed by atoms with Crippen LogP contribution < -0.4 is 21.2 Å². The summed E-state index contributed by atoms with van der Waals surface area (Å²) >= 11 is 0. The van der Waals surface area contributed by atoms with Gasteiger partial charge in [-0.3, -0.25) is 10.1 Å². The van der Waals surface area contributed by atoms with E-state index in [1.807, 2.05) is 67.5 Å². The third kappa shape index (κ3) is 4.74. The van der Waals surface area contributed by atoms with Gasteiger partial charge in [0.05, 0.1) is 6.20 Å². The Hall–Kier alpha value is -3.68. The minimum Gasteiger partial charge on any atom is -0.379 e. The Bertz CT molecular complexity index is 1110. The molecule has 0 heterocycles. The highest BCUT2D eigenvalue weighted by molar-refractivity contribution is 7.99. The molecule has 0 aliphatic heterocycles. The van der Waals surface area contributed by atoms with Gasteiger partial charge in [-0.2, -0.15) is 0 Å². The molecule has 33 heavy (non-hydrogen) atoms. The van der Waals surface area contributed by atoms with Gasteiger partial charge in [0.2, 0.25) is 0 Å². The van der Waals surface area contributed by atoms with E-state index in [4.69, 9.17) is 0 Å². The third-order valence-electron chi connectivity index (χ3n) is 5.45. The van der Waals surface area contributed by atoms with E-state index in [1.54, 1.807) is 0 Å². The molecule has 0 saturated heterocycles. The average Bonchev–Trinajstić information content (AvgIpc) is 2.87. The first-order chi connectivity index (χ1) is 16.1. The van der Waals surface area contributed by atoms with Crippen molar-refractivity contribution in [1.82, 2.24) is 10.2 Å². The molecule has 4 aromatic carbocycles. The van der Waals surface area contributed by atoms with Crippen molar-refractivity contribution in [3.8, 4) is 0 Å². The second-order valence-corrected chi connectivity index (χ2v) is 11.3. The molecule has 164 valence electrons. The highest BCUT2D eigenvalue weighted by Gasteiger charge is 2.50. The van der Waals surface area contributed by atoms with Crippen LogP contribution in [0.4, 0.5) is 0 Å². The maximum absolute atomic E-state index is 13.4. The van der Waals surface area contributed by atoms with Crippen molar-refractivity contribution in [3.63, 3.8) is 0 Å². The largest absolute Gasteiger partial charge is 0.379 e. The minimum absolute atomic E-state index is 0.115. The molecule has 0 aromatic heterocycles. The molecule has 0 fully saturated rings. The van der Waals surface area contributed by atoms with Crippen LogP contribution in [0.1, 0.15) is 10.4 Å². The van der Waals surface area contributed by atoms with Crippen LogP contribution in [0.15, 0.2) is 133 Å². The molecule has 1 amide bonds. The number of carbonyl (C=O) groups is 1. The predicted molar refractivity (Wildman–Crippen MR) is 141 cm³/mol. The maximum Gasteiger partial charge on any atom is 0.258 e. The molecule has 4 aromatic rings. The number of nitrogens with zero attached hydrogens (tertiary/aromatic N) is 1. The topological polar surface area (TPSA) is 32.3 Å². The molecule has 0 bridgehead atoms. The van der Waals surface area contributed by atoms with Crippen molar-refractivity contribution in [2.45, 2.75) is 0 Å². The summed E-state index contributed by atoms with van der Waals surface area (Å²) in [5, 5.41) is 6.88. The summed E-state index contributed by atoms with van der Waals surface area (Å²) in [6, 6.07) is 40.9. The van der Waals surface area contributed by atoms with E-state index in [0.29, 0.717) is 5.56 Å². The lowest BCUT2D eigenvalue weighted by molar-refractivity contribution is 0.0968. The van der Waals surface area contributed by atoms with Gasteiger partial charge in [-0.15, -0.1) is 0 Å². The summed E-state index contributed by atoms with van der Waals surface area (Å²) < 4.78 is 0. The van der Waals surface area contributed by atoms with Gasteiger partial charge in [0.1, 0.15) is 15.9 Å². The number of hydrogen-bond acceptors (Lipinski definition) is 2. The lowest BCUT2D eigenvalue weighted by Crippen LogP contribution is -2.39. The molecule has 0 unspecified atom stereocenters. The van der Waals surface area contributed by atoms with Crippen LogP contribution in [-0.4, -0.2) is 24.9 Å². The number of rotatable bonds is 7. The van der Waals surface area contributed by atoms with Gasteiger partial charge >= 0.3 is 0 Å². The van der Waals surface area contributed by atoms with E-state index in [-0.39, 0.29) is 5.91 Å². The molecule has 0 aliphatic rings. The first-order valence-electron chi connectivity index (χ1n) is 10.9. The molecule has 1 N–H and O–H groups in total. The van der Waals surface area contributed by atoms with Gasteiger partial charge in [0.15, 0.2) is 12.7 Å². The summed E-state index contributed by atoms with van der Waals surface area (Å²) in [5.74, 6) is -0.115. The molecular formula is C29H28N2OP+. The Morgan fingerprint density at radius 2 is 1.00 bits per heavy atom. The van der Waals surface area contributed by atoms with Crippen molar-refractivity contribution in [1.29, 1.82) is 0 Å². The average molecular weight is 452 g/mol. The first-order valence-corrected chi connectivity index (χ1v) is 12.7. The molecule has 0 radical (unpaired) electrons. The van der Waals surface area contributed by atoms with Gasteiger partial charge in [-0.25, -0.2) is 0 Å². The van der Waals surface area contributed by atoms with Crippen molar-refractivity contribution in [3.05, 3.63) is 139 Å². The standard InChI is InChI=1S/C29H27N2OP/c1-31(2)23-28(30-29(32)24-15-7-3-8-16-24)33(25-17-9-4-10-18-25,26-19-11-5-12-20-26)27-21-13-6-14-22-27/h3-23H,1-2H3/p+1/b28-23-. The second kappa shape index (κ2) is 10.3. The van der Waals surface area contributed by atoms with Crippen LogP contribution in [0.25, 0.3) is 0 Å². The molecule has 3 nitrogen and oxygen atoms in total. The number of amides is 1. The van der Waals surface area contributed by atoms with Gasteiger partial charge in [-0.1, -0.05) is 72.8 Å². The SMILES string of the molecule is CN(C)/C=C(/NC(=O)c1ccccc1)[P+](c1ccccc1)(c1ccccc1)c1ccccc1. The molecular weight excluding hydrogens is 423 g/mol. The van der Waals surface area contributed by atoms with Crippen LogP contribution in [0.5, 0.6) is 0 Å². The Morgan fingerprint density at radius 3 is 1.36 bits per heavy atom. The van der Waals surface area contributed by atoms with Crippen molar-refractivity contribution in [2.75, 3.05) is 14.1 Å². The molecule has 4 rings (SSSR count). The Kier molecular flexibility index (Phi) is 7.02. The monoisotopic (exact) mass is 451 g/mol. The minimum atomic E-state index is -2.40. The molecule has 0 aliphatic carbocycles. The van der Waals surface area contributed by atoms with Crippen LogP contribution in [0.2, 0.25) is 0 Å². The molecule has 0 spiro atoms. The fraction of sp³-hybridized carbons (Fsp3) is 0.0690. The fourth-order valence-corrected chi connectivity index (χ4v) is 8.30. The summed E-state index contributed by atoms with van der Waals surface area (Å²) in [7, 11) is 1.58. The van der Waals surface area contributed by atoms with E-state index in [9.17, 15) is 4.79 Å². The zero-order chi connectivity index (χ0) is 23.1. The lowest BCUT2D eigenvalue weighted by atomic mass is 10.2. The van der Waals surface area contributed by atoms with E-state index >= 15 is 0 Å². The van der Waals surface area contributed by atoms with Crippen molar-refractivity contribution >= 4 is 29.1 Å². The Morgan fingerprint density at radius 1 is 0.636 bits per heavy atom. The van der Waals surface area contributed by atoms with E-state index in [1.165, 1.54) is 15.9 Å². The highest BCUT2D eigenvalue weighted by Crippen LogP contribution is 2.61. The Labute approximate surface area is 196 Å². The zero-order valence-corrected chi connectivity index (χ0v) is 19.8. The van der Waals surface area contributed by atoms with Crippen molar-refractivity contribution in [2.24, 2.45) is 0 Å². The zero-order valence-electron chi connectivity index (χ0n) is 18.9. The number of carbonyl (C=O) groups excluding carboxylic acids is 1. The van der Waals surface area contributed by atoms with Crippen LogP contribution in [0, 0.1) is 0 Å². The predicted octanol–water partition coefficient (Wildman–Crippen LogP) is 4.77. The maximum atomic E-state index is 13.4.